The van der Waals surface area contributed by atoms with Crippen molar-refractivity contribution in [3.05, 3.63) is 11.1 Å². The molecule has 1 amide bonds. The minimum atomic E-state index is -0.0700. The summed E-state index contributed by atoms with van der Waals surface area (Å²) in [4.78, 5) is 27.1. The second-order valence-corrected chi connectivity index (χ2v) is 5.28. The zero-order chi connectivity index (χ0) is 12.3. The van der Waals surface area contributed by atoms with E-state index in [-0.39, 0.29) is 17.6 Å². The zero-order valence-electron chi connectivity index (χ0n) is 9.86. The monoisotopic (exact) mass is 252 g/mol. The number of thiazole rings is 1. The van der Waals surface area contributed by atoms with Crippen LogP contribution in [-0.4, -0.2) is 16.7 Å². The molecule has 1 fully saturated rings. The number of hydrogen-bond donors (Lipinski definition) is 1. The summed E-state index contributed by atoms with van der Waals surface area (Å²) in [5.74, 6) is 0.0991. The minimum absolute atomic E-state index is 0.0501. The summed E-state index contributed by atoms with van der Waals surface area (Å²) in [7, 11) is 0. The van der Waals surface area contributed by atoms with Crippen molar-refractivity contribution in [2.45, 2.75) is 39.0 Å². The fraction of sp³-hybridized carbons (Fsp3) is 0.583. The molecule has 1 aliphatic carbocycles. The highest BCUT2D eigenvalue weighted by atomic mass is 32.1. The number of carbonyl (C=O) groups is 2. The third-order valence-corrected chi connectivity index (χ3v) is 3.83. The normalized spacial score (nSPS) is 16.8. The van der Waals surface area contributed by atoms with Crippen molar-refractivity contribution in [3.8, 4) is 0 Å². The van der Waals surface area contributed by atoms with E-state index in [0.717, 1.165) is 25.7 Å². The summed E-state index contributed by atoms with van der Waals surface area (Å²) >= 11 is 1.31. The minimum Gasteiger partial charge on any atom is -0.302 e. The SMILES string of the molecule is CC(=O)c1csc(NC(=O)C2CCCCC2)n1. The number of carbonyl (C=O) groups excluding carboxylic acids is 2. The Kier molecular flexibility index (Phi) is 3.89. The van der Waals surface area contributed by atoms with Crippen molar-refractivity contribution in [1.29, 1.82) is 0 Å². The Labute approximate surface area is 104 Å². The highest BCUT2D eigenvalue weighted by Crippen LogP contribution is 2.25. The maximum atomic E-state index is 11.9. The molecule has 0 unspecified atom stereocenters. The number of rotatable bonds is 3. The zero-order valence-corrected chi connectivity index (χ0v) is 10.7. The van der Waals surface area contributed by atoms with Crippen molar-refractivity contribution in [3.63, 3.8) is 0 Å². The van der Waals surface area contributed by atoms with Crippen LogP contribution in [0.3, 0.4) is 0 Å². The van der Waals surface area contributed by atoms with E-state index in [0.29, 0.717) is 10.8 Å². The molecule has 5 heteroatoms. The van der Waals surface area contributed by atoms with E-state index in [1.807, 2.05) is 0 Å². The summed E-state index contributed by atoms with van der Waals surface area (Å²) in [5.41, 5.74) is 0.425. The molecule has 1 aromatic rings. The van der Waals surface area contributed by atoms with Gasteiger partial charge in [0.1, 0.15) is 5.69 Å². The molecule has 1 heterocycles. The van der Waals surface area contributed by atoms with Crippen LogP contribution in [0, 0.1) is 5.92 Å². The quantitative estimate of drug-likeness (QED) is 0.841. The molecular weight excluding hydrogens is 236 g/mol. The Bertz CT molecular complexity index is 422. The number of ketones is 1. The average Bonchev–Trinajstić information content (AvgIpc) is 2.79. The Hall–Kier alpha value is -1.23. The maximum Gasteiger partial charge on any atom is 0.229 e. The number of amides is 1. The molecular formula is C12H16N2O2S. The molecule has 0 aromatic carbocycles. The summed E-state index contributed by atoms with van der Waals surface area (Å²) in [5, 5.41) is 5.02. The van der Waals surface area contributed by atoms with Gasteiger partial charge < -0.3 is 5.32 Å². The van der Waals surface area contributed by atoms with E-state index in [9.17, 15) is 9.59 Å². The van der Waals surface area contributed by atoms with Crippen LogP contribution in [0.25, 0.3) is 0 Å². The predicted octanol–water partition coefficient (Wildman–Crippen LogP) is 2.86. The number of hydrogen-bond acceptors (Lipinski definition) is 4. The second kappa shape index (κ2) is 5.40. The van der Waals surface area contributed by atoms with Gasteiger partial charge in [-0.3, -0.25) is 9.59 Å². The van der Waals surface area contributed by atoms with Crippen LogP contribution >= 0.6 is 11.3 Å². The number of nitrogens with one attached hydrogen (secondary N) is 1. The van der Waals surface area contributed by atoms with Gasteiger partial charge in [0.15, 0.2) is 10.9 Å². The van der Waals surface area contributed by atoms with Crippen LogP contribution in [0.15, 0.2) is 5.38 Å². The fourth-order valence-corrected chi connectivity index (χ4v) is 2.82. The first kappa shape index (κ1) is 12.2. The molecule has 17 heavy (non-hydrogen) atoms. The first-order valence-corrected chi connectivity index (χ1v) is 6.82. The van der Waals surface area contributed by atoms with Gasteiger partial charge >= 0.3 is 0 Å². The molecule has 92 valence electrons. The lowest BCUT2D eigenvalue weighted by Gasteiger charge is -2.19. The molecule has 1 N–H and O–H groups in total. The molecule has 0 atom stereocenters. The molecule has 0 radical (unpaired) electrons. The number of aromatic nitrogens is 1. The van der Waals surface area contributed by atoms with Crippen LogP contribution in [0.5, 0.6) is 0 Å². The lowest BCUT2D eigenvalue weighted by atomic mass is 9.89. The summed E-state index contributed by atoms with van der Waals surface area (Å²) < 4.78 is 0. The van der Waals surface area contributed by atoms with Gasteiger partial charge in [0.25, 0.3) is 0 Å². The third-order valence-electron chi connectivity index (χ3n) is 3.07. The Morgan fingerprint density at radius 3 is 2.65 bits per heavy atom. The summed E-state index contributed by atoms with van der Waals surface area (Å²) in [6.07, 6.45) is 5.44. The molecule has 0 spiro atoms. The van der Waals surface area contributed by atoms with Crippen LogP contribution in [0.2, 0.25) is 0 Å². The Balaban J connectivity index is 1.94. The van der Waals surface area contributed by atoms with Crippen molar-refractivity contribution in [1.82, 2.24) is 4.98 Å². The lowest BCUT2D eigenvalue weighted by molar-refractivity contribution is -0.120. The van der Waals surface area contributed by atoms with Gasteiger partial charge in [-0.1, -0.05) is 19.3 Å². The number of nitrogens with zero attached hydrogens (tertiary/aromatic N) is 1. The average molecular weight is 252 g/mol. The van der Waals surface area contributed by atoms with Crippen molar-refractivity contribution in [2.75, 3.05) is 5.32 Å². The highest BCUT2D eigenvalue weighted by Gasteiger charge is 2.21. The van der Waals surface area contributed by atoms with Crippen molar-refractivity contribution in [2.24, 2.45) is 5.92 Å². The predicted molar refractivity (Wildman–Crippen MR) is 67.3 cm³/mol. The van der Waals surface area contributed by atoms with Gasteiger partial charge in [-0.05, 0) is 12.8 Å². The molecule has 0 saturated heterocycles. The lowest BCUT2D eigenvalue weighted by Crippen LogP contribution is -2.24. The molecule has 1 aliphatic rings. The van der Waals surface area contributed by atoms with E-state index < -0.39 is 0 Å². The summed E-state index contributed by atoms with van der Waals surface area (Å²) in [6, 6.07) is 0. The van der Waals surface area contributed by atoms with E-state index in [4.69, 9.17) is 0 Å². The maximum absolute atomic E-state index is 11.9. The van der Waals surface area contributed by atoms with E-state index in [1.54, 1.807) is 5.38 Å². The van der Waals surface area contributed by atoms with Gasteiger partial charge in [0, 0.05) is 18.2 Å². The second-order valence-electron chi connectivity index (χ2n) is 4.42. The topological polar surface area (TPSA) is 59.1 Å². The summed E-state index contributed by atoms with van der Waals surface area (Å²) in [6.45, 7) is 1.47. The van der Waals surface area contributed by atoms with Crippen molar-refractivity contribution < 1.29 is 9.59 Å². The van der Waals surface area contributed by atoms with E-state index in [1.165, 1.54) is 24.7 Å². The molecule has 2 rings (SSSR count). The van der Waals surface area contributed by atoms with Crippen molar-refractivity contribution >= 4 is 28.2 Å². The van der Waals surface area contributed by atoms with Crippen LogP contribution in [0.4, 0.5) is 5.13 Å². The van der Waals surface area contributed by atoms with Gasteiger partial charge in [-0.15, -0.1) is 11.3 Å². The number of anilines is 1. The number of Topliss-reactive ketones (excluding diaryl/α,β-unsaturated/α-hetero) is 1. The largest absolute Gasteiger partial charge is 0.302 e. The van der Waals surface area contributed by atoms with Gasteiger partial charge in [0.2, 0.25) is 5.91 Å². The molecule has 0 aliphatic heterocycles. The van der Waals surface area contributed by atoms with Crippen LogP contribution < -0.4 is 5.32 Å². The van der Waals surface area contributed by atoms with E-state index in [2.05, 4.69) is 10.3 Å². The molecule has 1 saturated carbocycles. The van der Waals surface area contributed by atoms with Gasteiger partial charge in [-0.2, -0.15) is 0 Å². The van der Waals surface area contributed by atoms with Gasteiger partial charge in [-0.25, -0.2) is 4.98 Å². The Morgan fingerprint density at radius 1 is 1.35 bits per heavy atom. The van der Waals surface area contributed by atoms with Gasteiger partial charge in [0.05, 0.1) is 0 Å². The standard InChI is InChI=1S/C12H16N2O2S/c1-8(15)10-7-17-12(13-10)14-11(16)9-5-3-2-4-6-9/h7,9H,2-6H2,1H3,(H,13,14,16). The van der Waals surface area contributed by atoms with E-state index >= 15 is 0 Å². The molecule has 1 aromatic heterocycles. The van der Waals surface area contributed by atoms with Crippen LogP contribution in [-0.2, 0) is 4.79 Å². The molecule has 4 nitrogen and oxygen atoms in total. The highest BCUT2D eigenvalue weighted by molar-refractivity contribution is 7.14. The molecule has 0 bridgehead atoms. The smallest absolute Gasteiger partial charge is 0.229 e. The first-order chi connectivity index (χ1) is 8.16. The fourth-order valence-electron chi connectivity index (χ4n) is 2.07. The Morgan fingerprint density at radius 2 is 2.06 bits per heavy atom. The van der Waals surface area contributed by atoms with Crippen LogP contribution in [0.1, 0.15) is 49.5 Å². The third kappa shape index (κ3) is 3.12. The first-order valence-electron chi connectivity index (χ1n) is 5.94.